The fraction of sp³-hybridized carbons (Fsp3) is 0.523. The van der Waals surface area contributed by atoms with Crippen LogP contribution in [0, 0.1) is 0 Å². The third-order valence-corrected chi connectivity index (χ3v) is 8.83. The largest absolute Gasteiger partial charge is 0.504 e. The van der Waals surface area contributed by atoms with Gasteiger partial charge < -0.3 is 20.2 Å². The first-order chi connectivity index (χ1) is 23.2. The molecule has 0 fully saturated rings. The molecular formula is C44H67NO4. The number of carbonyl (C=O) groups is 1. The number of rotatable bonds is 22. The van der Waals surface area contributed by atoms with E-state index in [1.807, 2.05) is 6.92 Å². The second kappa shape index (κ2) is 24.5. The zero-order chi connectivity index (χ0) is 36.8. The van der Waals surface area contributed by atoms with Gasteiger partial charge in [-0.3, -0.25) is 4.79 Å². The molecule has 0 radical (unpaired) electrons. The number of phenols is 2. The van der Waals surface area contributed by atoms with Crippen molar-refractivity contribution in [3.05, 3.63) is 105 Å². The predicted octanol–water partition coefficient (Wildman–Crippen LogP) is 11.9. The molecule has 1 aromatic carbocycles. The molecule has 0 aromatic heterocycles. The van der Waals surface area contributed by atoms with Gasteiger partial charge in [-0.25, -0.2) is 0 Å². The van der Waals surface area contributed by atoms with Gasteiger partial charge in [0.2, 0.25) is 5.91 Å². The number of aliphatic hydroxyl groups is 1. The van der Waals surface area contributed by atoms with E-state index in [-0.39, 0.29) is 24.0 Å². The van der Waals surface area contributed by atoms with Gasteiger partial charge in [-0.1, -0.05) is 81.5 Å². The van der Waals surface area contributed by atoms with E-state index in [1.54, 1.807) is 13.1 Å². The number of allylic oxidation sites excluding steroid dienone is 13. The van der Waals surface area contributed by atoms with Gasteiger partial charge in [0.1, 0.15) is 0 Å². The molecule has 1 rings (SSSR count). The quantitative estimate of drug-likeness (QED) is 0.0650. The van der Waals surface area contributed by atoms with Crippen LogP contribution in [0.3, 0.4) is 0 Å². The number of aromatic hydroxyl groups is 2. The molecule has 1 amide bonds. The second-order valence-electron chi connectivity index (χ2n) is 14.2. The van der Waals surface area contributed by atoms with Crippen molar-refractivity contribution in [2.45, 2.75) is 139 Å². The summed E-state index contributed by atoms with van der Waals surface area (Å²) >= 11 is 0. The normalized spacial score (nSPS) is 14.2. The van der Waals surface area contributed by atoms with Crippen molar-refractivity contribution >= 4 is 5.91 Å². The van der Waals surface area contributed by atoms with Crippen molar-refractivity contribution in [3.8, 4) is 11.5 Å². The van der Waals surface area contributed by atoms with Crippen molar-refractivity contribution in [2.75, 3.05) is 13.6 Å². The highest BCUT2D eigenvalue weighted by atomic mass is 16.3. The van der Waals surface area contributed by atoms with Crippen LogP contribution >= 0.6 is 0 Å². The van der Waals surface area contributed by atoms with Crippen molar-refractivity contribution in [3.63, 3.8) is 0 Å². The predicted molar refractivity (Wildman–Crippen MR) is 210 cm³/mol. The van der Waals surface area contributed by atoms with Crippen molar-refractivity contribution in [1.82, 2.24) is 4.90 Å². The minimum atomic E-state index is -0.963. The van der Waals surface area contributed by atoms with Crippen LogP contribution in [0.4, 0.5) is 0 Å². The summed E-state index contributed by atoms with van der Waals surface area (Å²) in [6.45, 7) is 17.6. The topological polar surface area (TPSA) is 81.0 Å². The number of amides is 1. The third kappa shape index (κ3) is 21.2. The summed E-state index contributed by atoms with van der Waals surface area (Å²) in [6, 6.07) is 4.16. The zero-order valence-electron chi connectivity index (χ0n) is 32.2. The number of likely N-dealkylation sites (N-methyl/N-ethyl adjacent to an activating group) is 1. The van der Waals surface area contributed by atoms with Gasteiger partial charge in [0.05, 0.1) is 12.6 Å². The van der Waals surface area contributed by atoms with Gasteiger partial charge in [-0.15, -0.1) is 0 Å². The first kappa shape index (κ1) is 43.5. The van der Waals surface area contributed by atoms with E-state index >= 15 is 0 Å². The first-order valence-corrected chi connectivity index (χ1v) is 18.2. The second-order valence-corrected chi connectivity index (χ2v) is 14.2. The van der Waals surface area contributed by atoms with Crippen LogP contribution in [0.5, 0.6) is 11.5 Å². The molecule has 1 aromatic rings. The lowest BCUT2D eigenvalue weighted by atomic mass is 10.0. The number of hydrogen-bond acceptors (Lipinski definition) is 4. The van der Waals surface area contributed by atoms with Gasteiger partial charge in [-0.05, 0) is 150 Å². The Balaban J connectivity index is 2.32. The average Bonchev–Trinajstić information content (AvgIpc) is 3.02. The van der Waals surface area contributed by atoms with Gasteiger partial charge in [0.15, 0.2) is 11.5 Å². The Hall–Kier alpha value is -3.57. The molecule has 49 heavy (non-hydrogen) atoms. The van der Waals surface area contributed by atoms with Crippen molar-refractivity contribution < 1.29 is 20.1 Å². The Morgan fingerprint density at radius 3 is 1.33 bits per heavy atom. The highest BCUT2D eigenvalue weighted by Crippen LogP contribution is 2.28. The number of hydrogen-bond donors (Lipinski definition) is 3. The summed E-state index contributed by atoms with van der Waals surface area (Å²) in [6.07, 6.45) is 27.7. The molecule has 0 saturated carbocycles. The molecule has 0 aliphatic carbocycles. The SMILES string of the molecule is CC(C)=CCCC(C)=CCCC(C)=CCCC(C)=CCCC(C)=CCCC(C)=CCCC(C)=CC(=O)N(C)CC(O)c1ccc(O)c(O)c1. The number of carbonyl (C=O) groups excluding carboxylic acids is 1. The van der Waals surface area contributed by atoms with E-state index in [2.05, 4.69) is 84.9 Å². The lowest BCUT2D eigenvalue weighted by Crippen LogP contribution is -2.29. The molecular weight excluding hydrogens is 606 g/mol. The summed E-state index contributed by atoms with van der Waals surface area (Å²) < 4.78 is 0. The Morgan fingerprint density at radius 1 is 0.592 bits per heavy atom. The minimum Gasteiger partial charge on any atom is -0.504 e. The summed E-state index contributed by atoms with van der Waals surface area (Å²) in [5, 5.41) is 29.6. The van der Waals surface area contributed by atoms with Crippen LogP contribution in [-0.4, -0.2) is 39.7 Å². The van der Waals surface area contributed by atoms with Gasteiger partial charge in [0, 0.05) is 13.1 Å². The maximum Gasteiger partial charge on any atom is 0.246 e. The molecule has 0 bridgehead atoms. The van der Waals surface area contributed by atoms with E-state index in [0.717, 1.165) is 76.2 Å². The first-order valence-electron chi connectivity index (χ1n) is 18.2. The Labute approximate surface area is 299 Å². The Morgan fingerprint density at radius 2 is 0.959 bits per heavy atom. The molecule has 272 valence electrons. The van der Waals surface area contributed by atoms with E-state index in [9.17, 15) is 20.1 Å². The number of benzene rings is 1. The van der Waals surface area contributed by atoms with Gasteiger partial charge >= 0.3 is 0 Å². The molecule has 0 aliphatic heterocycles. The van der Waals surface area contributed by atoms with Gasteiger partial charge in [0.25, 0.3) is 0 Å². The van der Waals surface area contributed by atoms with Crippen LogP contribution in [0.15, 0.2) is 99.7 Å². The molecule has 5 heteroatoms. The van der Waals surface area contributed by atoms with Crippen LogP contribution in [0.2, 0.25) is 0 Å². The molecule has 0 heterocycles. The summed E-state index contributed by atoms with van der Waals surface area (Å²) in [4.78, 5) is 14.1. The zero-order valence-corrected chi connectivity index (χ0v) is 32.2. The summed E-state index contributed by atoms with van der Waals surface area (Å²) in [5.74, 6) is -0.715. The number of phenolic OH excluding ortho intramolecular Hbond substituents is 2. The van der Waals surface area contributed by atoms with E-state index in [1.165, 1.54) is 63.0 Å². The Bertz CT molecular complexity index is 1380. The van der Waals surface area contributed by atoms with Crippen molar-refractivity contribution in [2.24, 2.45) is 0 Å². The minimum absolute atomic E-state index is 0.0855. The monoisotopic (exact) mass is 674 g/mol. The average molecular weight is 674 g/mol. The summed E-state index contributed by atoms with van der Waals surface area (Å²) in [7, 11) is 1.64. The van der Waals surface area contributed by atoms with E-state index < -0.39 is 6.10 Å². The van der Waals surface area contributed by atoms with Crippen molar-refractivity contribution in [1.29, 1.82) is 0 Å². The highest BCUT2D eigenvalue weighted by Gasteiger charge is 2.15. The lowest BCUT2D eigenvalue weighted by Gasteiger charge is -2.20. The summed E-state index contributed by atoms with van der Waals surface area (Å²) in [5.41, 5.74) is 10.1. The van der Waals surface area contributed by atoms with Crippen LogP contribution in [0.1, 0.15) is 144 Å². The van der Waals surface area contributed by atoms with Crippen LogP contribution in [-0.2, 0) is 4.79 Å². The maximum atomic E-state index is 12.6. The molecule has 1 atom stereocenters. The molecule has 1 unspecified atom stereocenters. The fourth-order valence-corrected chi connectivity index (χ4v) is 5.43. The molecule has 0 aliphatic rings. The molecule has 0 saturated heterocycles. The number of aliphatic hydroxyl groups excluding tert-OH is 1. The maximum absolute atomic E-state index is 12.6. The highest BCUT2D eigenvalue weighted by molar-refractivity contribution is 5.88. The molecule has 0 spiro atoms. The standard InChI is InChI=1S/C44H67NO4/c1-33(2)16-10-17-34(3)18-11-19-35(4)20-12-21-36(5)22-13-23-37(6)24-14-25-38(7)26-15-27-39(8)30-44(49)45(9)32-43(48)40-28-29-41(46)42(47)31-40/h16,18,20,22,24,26,28-31,43,46-48H,10-15,17,19,21,23,25,27,32H2,1-9H3. The Kier molecular flexibility index (Phi) is 21.8. The van der Waals surface area contributed by atoms with Gasteiger partial charge in [-0.2, -0.15) is 0 Å². The fourth-order valence-electron chi connectivity index (χ4n) is 5.43. The van der Waals surface area contributed by atoms with Crippen LogP contribution in [0.25, 0.3) is 0 Å². The molecule has 5 nitrogen and oxygen atoms in total. The number of nitrogens with zero attached hydrogens (tertiary/aromatic N) is 1. The third-order valence-electron chi connectivity index (χ3n) is 8.83. The van der Waals surface area contributed by atoms with Crippen LogP contribution < -0.4 is 0 Å². The van der Waals surface area contributed by atoms with E-state index in [0.29, 0.717) is 5.56 Å². The van der Waals surface area contributed by atoms with E-state index in [4.69, 9.17) is 0 Å². The smallest absolute Gasteiger partial charge is 0.246 e. The lowest BCUT2D eigenvalue weighted by molar-refractivity contribution is -0.126. The molecule has 3 N–H and O–H groups in total.